The molecule has 32 heavy (non-hydrogen) atoms. The van der Waals surface area contributed by atoms with Crippen LogP contribution in [0.3, 0.4) is 0 Å². The minimum absolute atomic E-state index is 0.211. The van der Waals surface area contributed by atoms with Gasteiger partial charge in [-0.2, -0.15) is 13.8 Å². The van der Waals surface area contributed by atoms with Gasteiger partial charge in [-0.1, -0.05) is 23.9 Å². The number of nitrogens with zero attached hydrogens (tertiary/aromatic N) is 6. The molecule has 2 aromatic rings. The molecule has 1 aromatic carbocycles. The largest absolute Gasteiger partial charge is 0.354 e. The Morgan fingerprint density at radius 3 is 2.31 bits per heavy atom. The van der Waals surface area contributed by atoms with Gasteiger partial charge < -0.3 is 19.6 Å². The Morgan fingerprint density at radius 1 is 0.969 bits per heavy atom. The van der Waals surface area contributed by atoms with Crippen LogP contribution in [0.1, 0.15) is 16.1 Å². The van der Waals surface area contributed by atoms with Crippen molar-refractivity contribution < 1.29 is 13.6 Å². The van der Waals surface area contributed by atoms with E-state index in [9.17, 15) is 13.6 Å². The quantitative estimate of drug-likeness (QED) is 0.634. The molecule has 0 radical (unpaired) electrons. The van der Waals surface area contributed by atoms with E-state index in [1.165, 1.54) is 0 Å². The number of piperazine rings is 2. The van der Waals surface area contributed by atoms with Crippen LogP contribution in [-0.2, 0) is 0 Å². The van der Waals surface area contributed by atoms with Gasteiger partial charge in [0.2, 0.25) is 5.95 Å². The van der Waals surface area contributed by atoms with Crippen molar-refractivity contribution in [2.24, 2.45) is 0 Å². The highest BCUT2D eigenvalue weighted by Gasteiger charge is 2.26. The van der Waals surface area contributed by atoms with E-state index in [1.54, 1.807) is 29.2 Å². The van der Waals surface area contributed by atoms with Gasteiger partial charge >= 0.3 is 0 Å². The Balaban J connectivity index is 1.42. The first-order valence-corrected chi connectivity index (χ1v) is 11.7. The molecule has 0 bridgehead atoms. The van der Waals surface area contributed by atoms with Crippen molar-refractivity contribution >= 4 is 29.4 Å². The molecule has 2 aliphatic heterocycles. The van der Waals surface area contributed by atoms with E-state index < -0.39 is 5.76 Å². The number of rotatable bonds is 5. The SMILES string of the molecule is Cc1cc(N2CCN(C)CC2)nc(N2CCN(C(=O)c3ccccc3SC(F)F)CC2)n1. The fourth-order valence-corrected chi connectivity index (χ4v) is 4.63. The Kier molecular flexibility index (Phi) is 7.10. The number of carbonyl (C=O) groups excluding carboxylic acids is 1. The number of anilines is 2. The van der Waals surface area contributed by atoms with Crippen LogP contribution in [0.5, 0.6) is 0 Å². The predicted octanol–water partition coefficient (Wildman–Crippen LogP) is 2.81. The third-order valence-electron chi connectivity index (χ3n) is 5.84. The standard InChI is InChI=1S/C22H28F2N6OS/c1-16-15-19(28-9-7-27(2)8-10-28)26-22(25-16)30-13-11-29(12-14-30)20(31)17-5-3-4-6-18(17)32-21(23)24/h3-6,15,21H,7-14H2,1-2H3. The predicted molar refractivity (Wildman–Crippen MR) is 123 cm³/mol. The zero-order valence-electron chi connectivity index (χ0n) is 18.4. The average molecular weight is 463 g/mol. The normalized spacial score (nSPS) is 17.8. The summed E-state index contributed by atoms with van der Waals surface area (Å²) in [4.78, 5) is 31.2. The zero-order chi connectivity index (χ0) is 22.7. The number of benzene rings is 1. The minimum atomic E-state index is -2.56. The molecule has 10 heteroatoms. The van der Waals surface area contributed by atoms with Crippen molar-refractivity contribution in [2.45, 2.75) is 17.6 Å². The van der Waals surface area contributed by atoms with Crippen LogP contribution in [0.4, 0.5) is 20.5 Å². The summed E-state index contributed by atoms with van der Waals surface area (Å²) in [7, 11) is 2.12. The molecule has 0 N–H and O–H groups in total. The second-order valence-corrected chi connectivity index (χ2v) is 9.14. The second-order valence-electron chi connectivity index (χ2n) is 8.11. The maximum atomic E-state index is 13.0. The average Bonchev–Trinajstić information content (AvgIpc) is 2.79. The summed E-state index contributed by atoms with van der Waals surface area (Å²) in [5.41, 5.74) is 1.25. The summed E-state index contributed by atoms with van der Waals surface area (Å²) in [6, 6.07) is 8.59. The van der Waals surface area contributed by atoms with Gasteiger partial charge in [-0.25, -0.2) is 4.98 Å². The van der Waals surface area contributed by atoms with Gasteiger partial charge in [0.25, 0.3) is 11.7 Å². The molecule has 0 aliphatic carbocycles. The summed E-state index contributed by atoms with van der Waals surface area (Å²) in [6.07, 6.45) is 0. The molecule has 0 atom stereocenters. The lowest BCUT2D eigenvalue weighted by Gasteiger charge is -2.36. The highest BCUT2D eigenvalue weighted by atomic mass is 32.2. The maximum absolute atomic E-state index is 13.0. The summed E-state index contributed by atoms with van der Waals surface area (Å²) in [5, 5.41) is 0. The molecule has 1 amide bonds. The third kappa shape index (κ3) is 5.29. The number of aryl methyl sites for hydroxylation is 1. The summed E-state index contributed by atoms with van der Waals surface area (Å²) in [6.45, 7) is 8.04. The molecule has 2 fully saturated rings. The first-order chi connectivity index (χ1) is 15.4. The van der Waals surface area contributed by atoms with Crippen LogP contribution in [0.25, 0.3) is 0 Å². The van der Waals surface area contributed by atoms with Gasteiger partial charge in [0, 0.05) is 69.0 Å². The number of halogens is 2. The van der Waals surface area contributed by atoms with Crippen molar-refractivity contribution in [3.8, 4) is 0 Å². The van der Waals surface area contributed by atoms with Crippen molar-refractivity contribution in [3.05, 3.63) is 41.6 Å². The summed E-state index contributed by atoms with van der Waals surface area (Å²) >= 11 is 0.413. The lowest BCUT2D eigenvalue weighted by atomic mass is 10.2. The molecule has 0 saturated carbocycles. The number of alkyl halides is 2. The Hall–Kier alpha value is -2.46. The van der Waals surface area contributed by atoms with E-state index in [1.807, 2.05) is 13.0 Å². The van der Waals surface area contributed by atoms with E-state index in [0.29, 0.717) is 54.3 Å². The number of likely N-dealkylation sites (N-methyl/N-ethyl adjacent to an activating group) is 1. The fourth-order valence-electron chi connectivity index (χ4n) is 4.00. The van der Waals surface area contributed by atoms with Gasteiger partial charge in [0.05, 0.1) is 5.56 Å². The Labute approximate surface area is 191 Å². The molecule has 7 nitrogen and oxygen atoms in total. The van der Waals surface area contributed by atoms with Gasteiger partial charge in [-0.15, -0.1) is 0 Å². The number of amides is 1. The fraction of sp³-hybridized carbons (Fsp3) is 0.500. The molecule has 0 unspecified atom stereocenters. The first kappa shape index (κ1) is 22.7. The highest BCUT2D eigenvalue weighted by Crippen LogP contribution is 2.29. The van der Waals surface area contributed by atoms with E-state index in [0.717, 1.165) is 37.7 Å². The molecule has 2 aliphatic rings. The first-order valence-electron chi connectivity index (χ1n) is 10.8. The second kappa shape index (κ2) is 9.99. The van der Waals surface area contributed by atoms with Gasteiger partial charge in [0.15, 0.2) is 0 Å². The van der Waals surface area contributed by atoms with Crippen molar-refractivity contribution in [2.75, 3.05) is 69.2 Å². The molecule has 2 saturated heterocycles. The third-order valence-corrected chi connectivity index (χ3v) is 6.63. The minimum Gasteiger partial charge on any atom is -0.354 e. The van der Waals surface area contributed by atoms with E-state index in [2.05, 4.69) is 26.7 Å². The molecule has 172 valence electrons. The van der Waals surface area contributed by atoms with Crippen LogP contribution in [-0.4, -0.2) is 90.8 Å². The smallest absolute Gasteiger partial charge is 0.288 e. The monoisotopic (exact) mass is 462 g/mol. The van der Waals surface area contributed by atoms with Crippen LogP contribution in [0, 0.1) is 6.92 Å². The van der Waals surface area contributed by atoms with E-state index >= 15 is 0 Å². The Morgan fingerprint density at radius 2 is 1.62 bits per heavy atom. The number of hydrogen-bond acceptors (Lipinski definition) is 7. The molecule has 3 heterocycles. The molecule has 4 rings (SSSR count). The van der Waals surface area contributed by atoms with Crippen LogP contribution >= 0.6 is 11.8 Å². The molecular formula is C22H28F2N6OS. The molecule has 1 aromatic heterocycles. The lowest BCUT2D eigenvalue weighted by Crippen LogP contribution is -2.49. The van der Waals surface area contributed by atoms with Crippen molar-refractivity contribution in [1.82, 2.24) is 19.8 Å². The van der Waals surface area contributed by atoms with E-state index in [-0.39, 0.29) is 5.91 Å². The number of aromatic nitrogens is 2. The summed E-state index contributed by atoms with van der Waals surface area (Å²) < 4.78 is 25.8. The maximum Gasteiger partial charge on any atom is 0.288 e. The zero-order valence-corrected chi connectivity index (χ0v) is 19.2. The highest BCUT2D eigenvalue weighted by molar-refractivity contribution is 7.99. The van der Waals surface area contributed by atoms with Crippen LogP contribution in [0.15, 0.2) is 35.2 Å². The number of carbonyl (C=O) groups is 1. The van der Waals surface area contributed by atoms with E-state index in [4.69, 9.17) is 4.98 Å². The summed E-state index contributed by atoms with van der Waals surface area (Å²) in [5.74, 6) is -1.15. The van der Waals surface area contributed by atoms with Gasteiger partial charge in [0.1, 0.15) is 5.82 Å². The number of hydrogen-bond donors (Lipinski definition) is 0. The number of thioether (sulfide) groups is 1. The Bertz CT molecular complexity index is 946. The van der Waals surface area contributed by atoms with Crippen LogP contribution in [0.2, 0.25) is 0 Å². The molecule has 0 spiro atoms. The van der Waals surface area contributed by atoms with Gasteiger partial charge in [-0.05, 0) is 26.1 Å². The van der Waals surface area contributed by atoms with Gasteiger partial charge in [-0.3, -0.25) is 4.79 Å². The van der Waals surface area contributed by atoms with Crippen molar-refractivity contribution in [3.63, 3.8) is 0 Å². The lowest BCUT2D eigenvalue weighted by molar-refractivity contribution is 0.0742. The topological polar surface area (TPSA) is 55.8 Å². The van der Waals surface area contributed by atoms with Crippen LogP contribution < -0.4 is 9.80 Å². The van der Waals surface area contributed by atoms with Crippen molar-refractivity contribution in [1.29, 1.82) is 0 Å². The molecular weight excluding hydrogens is 434 g/mol.